The van der Waals surface area contributed by atoms with Crippen LogP contribution in [-0.4, -0.2) is 48.2 Å². The molecule has 0 unspecified atom stereocenters. The topological polar surface area (TPSA) is 111 Å². The maximum Gasteiger partial charge on any atom is 0.339 e. The summed E-state index contributed by atoms with van der Waals surface area (Å²) in [6, 6.07) is 22.0. The maximum atomic E-state index is 13.2. The van der Waals surface area contributed by atoms with E-state index in [1.54, 1.807) is 12.1 Å². The van der Waals surface area contributed by atoms with Crippen molar-refractivity contribution >= 4 is 91.5 Å². The number of methoxy groups -OCH3 is 1. The number of hydrogen-bond donors (Lipinski definition) is 1. The van der Waals surface area contributed by atoms with Crippen LogP contribution < -0.4 is 14.8 Å². The Kier molecular flexibility index (Phi) is 10.3. The van der Waals surface area contributed by atoms with E-state index < -0.39 is 29.6 Å². The molecular formula is C33H26ClIN2O7S. The molecular weight excluding hydrogens is 731 g/mol. The van der Waals surface area contributed by atoms with E-state index in [4.69, 9.17) is 25.8 Å². The van der Waals surface area contributed by atoms with Crippen LogP contribution in [0.15, 0.2) is 77.7 Å². The van der Waals surface area contributed by atoms with Gasteiger partial charge in [0.2, 0.25) is 5.91 Å². The van der Waals surface area contributed by atoms with E-state index in [9.17, 15) is 19.2 Å². The van der Waals surface area contributed by atoms with Crippen LogP contribution in [0.2, 0.25) is 5.02 Å². The highest BCUT2D eigenvalue weighted by Gasteiger charge is 2.36. The number of fused-ring (bicyclic) bond motifs is 1. The van der Waals surface area contributed by atoms with E-state index in [1.165, 1.54) is 25.3 Å². The number of halogens is 2. The van der Waals surface area contributed by atoms with Gasteiger partial charge in [-0.25, -0.2) is 4.79 Å². The second-order valence-electron chi connectivity index (χ2n) is 9.69. The number of thioether (sulfide) groups is 1. The molecule has 1 saturated heterocycles. The van der Waals surface area contributed by atoms with Crippen LogP contribution in [-0.2, 0) is 20.9 Å². The van der Waals surface area contributed by atoms with Gasteiger partial charge >= 0.3 is 5.97 Å². The van der Waals surface area contributed by atoms with Gasteiger partial charge < -0.3 is 19.5 Å². The van der Waals surface area contributed by atoms with Gasteiger partial charge in [0.1, 0.15) is 13.2 Å². The fourth-order valence-electron chi connectivity index (χ4n) is 4.64. The minimum atomic E-state index is -0.668. The first kappa shape index (κ1) is 32.3. The molecule has 0 aromatic heterocycles. The Morgan fingerprint density at radius 1 is 1.02 bits per heavy atom. The number of benzene rings is 4. The van der Waals surface area contributed by atoms with Crippen molar-refractivity contribution in [2.45, 2.75) is 13.5 Å². The highest BCUT2D eigenvalue weighted by Crippen LogP contribution is 2.38. The van der Waals surface area contributed by atoms with Gasteiger partial charge in [0, 0.05) is 5.69 Å². The molecule has 0 spiro atoms. The zero-order chi connectivity index (χ0) is 32.1. The highest BCUT2D eigenvalue weighted by atomic mass is 127. The predicted molar refractivity (Wildman–Crippen MR) is 183 cm³/mol. The molecule has 12 heteroatoms. The first-order valence-corrected chi connectivity index (χ1v) is 15.9. The molecule has 5 rings (SSSR count). The van der Waals surface area contributed by atoms with E-state index in [-0.39, 0.29) is 21.2 Å². The SMILES string of the molecule is CCOc1cc(/C=C2/SC(=O)N(CC(=O)Nc3ccc(Cl)c(C(=O)OC)c3)C2=O)cc(I)c1OCc1cccc2ccccc12. The lowest BCUT2D eigenvalue weighted by Gasteiger charge is -2.16. The third kappa shape index (κ3) is 7.43. The summed E-state index contributed by atoms with van der Waals surface area (Å²) in [7, 11) is 1.21. The molecule has 1 fully saturated rings. The summed E-state index contributed by atoms with van der Waals surface area (Å²) in [4.78, 5) is 51.6. The van der Waals surface area contributed by atoms with Crippen LogP contribution in [0, 0.1) is 3.57 Å². The zero-order valence-electron chi connectivity index (χ0n) is 24.1. The van der Waals surface area contributed by atoms with Gasteiger partial charge in [-0.1, -0.05) is 54.1 Å². The quantitative estimate of drug-likeness (QED) is 0.100. The number of anilines is 1. The Balaban J connectivity index is 1.30. The molecule has 1 aliphatic heterocycles. The Morgan fingerprint density at radius 3 is 2.58 bits per heavy atom. The minimum Gasteiger partial charge on any atom is -0.490 e. The normalized spacial score (nSPS) is 13.8. The molecule has 0 atom stereocenters. The van der Waals surface area contributed by atoms with E-state index in [0.29, 0.717) is 30.3 Å². The fourth-order valence-corrected chi connectivity index (χ4v) is 6.46. The number of nitrogens with one attached hydrogen (secondary N) is 1. The van der Waals surface area contributed by atoms with Crippen molar-refractivity contribution in [3.05, 3.63) is 103 Å². The van der Waals surface area contributed by atoms with Gasteiger partial charge in [-0.2, -0.15) is 0 Å². The summed E-state index contributed by atoms with van der Waals surface area (Å²) in [5, 5.41) is 4.38. The first-order valence-electron chi connectivity index (χ1n) is 13.7. The van der Waals surface area contributed by atoms with Crippen molar-refractivity contribution in [2.75, 3.05) is 25.6 Å². The number of ether oxygens (including phenoxy) is 3. The Hall–Kier alpha value is -4.07. The van der Waals surface area contributed by atoms with Crippen LogP contribution >= 0.6 is 46.0 Å². The van der Waals surface area contributed by atoms with Crippen molar-refractivity contribution in [2.24, 2.45) is 0 Å². The number of rotatable bonds is 10. The minimum absolute atomic E-state index is 0.0668. The molecule has 1 N–H and O–H groups in total. The summed E-state index contributed by atoms with van der Waals surface area (Å²) in [5.41, 5.74) is 1.99. The fraction of sp³-hybridized carbons (Fsp3) is 0.152. The second-order valence-corrected chi connectivity index (χ2v) is 12.3. The number of amides is 3. The lowest BCUT2D eigenvalue weighted by molar-refractivity contribution is -0.127. The van der Waals surface area contributed by atoms with Gasteiger partial charge in [0.25, 0.3) is 11.1 Å². The molecule has 9 nitrogen and oxygen atoms in total. The lowest BCUT2D eigenvalue weighted by Crippen LogP contribution is -2.36. The van der Waals surface area contributed by atoms with Crippen LogP contribution in [0.5, 0.6) is 11.5 Å². The predicted octanol–water partition coefficient (Wildman–Crippen LogP) is 7.54. The first-order chi connectivity index (χ1) is 21.7. The summed E-state index contributed by atoms with van der Waals surface area (Å²) < 4.78 is 17.6. The van der Waals surface area contributed by atoms with Crippen molar-refractivity contribution in [3.8, 4) is 11.5 Å². The molecule has 0 aliphatic carbocycles. The molecule has 0 saturated carbocycles. The van der Waals surface area contributed by atoms with Gasteiger partial charge in [0.15, 0.2) is 11.5 Å². The standard InChI is InChI=1S/C33H26ClIN2O7S/c1-3-43-27-14-19(13-26(35)30(27)44-18-21-9-6-8-20-7-4-5-10-23(20)21)15-28-31(39)37(33(41)45-28)17-29(38)36-22-11-12-25(34)24(16-22)32(40)42-2/h4-16H,3,17-18H2,1-2H3,(H,36,38)/b28-15+. The third-order valence-electron chi connectivity index (χ3n) is 6.71. The largest absolute Gasteiger partial charge is 0.490 e. The van der Waals surface area contributed by atoms with E-state index in [2.05, 4.69) is 46.1 Å². The summed E-state index contributed by atoms with van der Waals surface area (Å²) in [5.74, 6) is -0.819. The third-order valence-corrected chi connectivity index (χ3v) is 8.75. The summed E-state index contributed by atoms with van der Waals surface area (Å²) >= 11 is 8.93. The molecule has 3 amide bonds. The number of carbonyl (C=O) groups is 4. The molecule has 1 aliphatic rings. The van der Waals surface area contributed by atoms with Gasteiger partial charge in [0.05, 0.1) is 32.8 Å². The molecule has 0 radical (unpaired) electrons. The number of nitrogens with zero attached hydrogens (tertiary/aromatic N) is 1. The van der Waals surface area contributed by atoms with Crippen LogP contribution in [0.25, 0.3) is 16.8 Å². The van der Waals surface area contributed by atoms with Crippen molar-refractivity contribution < 1.29 is 33.4 Å². The molecule has 1 heterocycles. The number of esters is 1. The lowest BCUT2D eigenvalue weighted by atomic mass is 10.1. The average molecular weight is 757 g/mol. The Bertz CT molecular complexity index is 1860. The number of carbonyl (C=O) groups excluding carboxylic acids is 4. The summed E-state index contributed by atoms with van der Waals surface area (Å²) in [6.07, 6.45) is 1.59. The zero-order valence-corrected chi connectivity index (χ0v) is 27.8. The van der Waals surface area contributed by atoms with Crippen molar-refractivity contribution in [1.29, 1.82) is 0 Å². The highest BCUT2D eigenvalue weighted by molar-refractivity contribution is 14.1. The Morgan fingerprint density at radius 2 is 1.80 bits per heavy atom. The molecule has 4 aromatic carbocycles. The maximum absolute atomic E-state index is 13.2. The number of hydrogen-bond acceptors (Lipinski definition) is 8. The van der Waals surface area contributed by atoms with Crippen LogP contribution in [0.1, 0.15) is 28.4 Å². The van der Waals surface area contributed by atoms with Crippen molar-refractivity contribution in [1.82, 2.24) is 4.90 Å². The van der Waals surface area contributed by atoms with Crippen molar-refractivity contribution in [3.63, 3.8) is 0 Å². The average Bonchev–Trinajstić information content (AvgIpc) is 3.28. The Labute approximate surface area is 282 Å². The summed E-state index contributed by atoms with van der Waals surface area (Å²) in [6.45, 7) is 2.08. The molecule has 0 bridgehead atoms. The monoisotopic (exact) mass is 756 g/mol. The number of imide groups is 1. The van der Waals surface area contributed by atoms with Crippen LogP contribution in [0.3, 0.4) is 0 Å². The van der Waals surface area contributed by atoms with Gasteiger partial charge in [-0.05, 0) is 99.6 Å². The van der Waals surface area contributed by atoms with Gasteiger partial charge in [-0.3, -0.25) is 19.3 Å². The molecule has 45 heavy (non-hydrogen) atoms. The molecule has 4 aromatic rings. The van der Waals surface area contributed by atoms with Crippen LogP contribution in [0.4, 0.5) is 10.5 Å². The van der Waals surface area contributed by atoms with E-state index in [0.717, 1.165) is 36.6 Å². The van der Waals surface area contributed by atoms with Gasteiger partial charge in [-0.15, -0.1) is 0 Å². The van der Waals surface area contributed by atoms with E-state index in [1.807, 2.05) is 37.3 Å². The second kappa shape index (κ2) is 14.4. The molecule has 230 valence electrons. The smallest absolute Gasteiger partial charge is 0.339 e. The van der Waals surface area contributed by atoms with E-state index >= 15 is 0 Å².